The Hall–Kier alpha value is -1.08. The Labute approximate surface area is 97.0 Å². The van der Waals surface area contributed by atoms with Gasteiger partial charge < -0.3 is 10.1 Å². The SMILES string of the molecule is CC(C)C(C#N)C(=O)NCC1CCOCC1. The molecule has 1 unspecified atom stereocenters. The van der Waals surface area contributed by atoms with Crippen molar-refractivity contribution in [2.75, 3.05) is 19.8 Å². The fraction of sp³-hybridized carbons (Fsp3) is 0.833. The number of carbonyl (C=O) groups excluding carboxylic acids is 1. The van der Waals surface area contributed by atoms with E-state index < -0.39 is 5.92 Å². The van der Waals surface area contributed by atoms with Gasteiger partial charge in [0.25, 0.3) is 0 Å². The molecule has 1 atom stereocenters. The Morgan fingerprint density at radius 3 is 2.62 bits per heavy atom. The van der Waals surface area contributed by atoms with Crippen LogP contribution in [0.15, 0.2) is 0 Å². The topological polar surface area (TPSA) is 62.1 Å². The molecule has 0 aliphatic carbocycles. The number of rotatable bonds is 4. The Kier molecular flexibility index (Phi) is 5.27. The first-order valence-electron chi connectivity index (χ1n) is 5.90. The van der Waals surface area contributed by atoms with Gasteiger partial charge in [-0.15, -0.1) is 0 Å². The van der Waals surface area contributed by atoms with Crippen molar-refractivity contribution < 1.29 is 9.53 Å². The van der Waals surface area contributed by atoms with Crippen LogP contribution in [0.1, 0.15) is 26.7 Å². The number of ether oxygens (including phenoxy) is 1. The summed E-state index contributed by atoms with van der Waals surface area (Å²) in [4.78, 5) is 11.7. The highest BCUT2D eigenvalue weighted by Gasteiger charge is 2.22. The van der Waals surface area contributed by atoms with Crippen molar-refractivity contribution in [1.29, 1.82) is 5.26 Å². The Bertz CT molecular complexity index is 265. The van der Waals surface area contributed by atoms with Crippen molar-refractivity contribution in [3.05, 3.63) is 0 Å². The summed E-state index contributed by atoms with van der Waals surface area (Å²) in [6, 6.07) is 2.05. The number of amides is 1. The fourth-order valence-corrected chi connectivity index (χ4v) is 1.82. The summed E-state index contributed by atoms with van der Waals surface area (Å²) in [5.74, 6) is -0.0901. The predicted molar refractivity (Wildman–Crippen MR) is 60.5 cm³/mol. The van der Waals surface area contributed by atoms with Crippen LogP contribution in [-0.2, 0) is 9.53 Å². The van der Waals surface area contributed by atoms with E-state index in [1.807, 2.05) is 13.8 Å². The van der Waals surface area contributed by atoms with E-state index >= 15 is 0 Å². The van der Waals surface area contributed by atoms with E-state index in [4.69, 9.17) is 10.00 Å². The number of nitriles is 1. The average molecular weight is 224 g/mol. The van der Waals surface area contributed by atoms with E-state index in [1.54, 1.807) is 0 Å². The standard InChI is InChI=1S/C12H20N2O2/c1-9(2)11(7-13)12(15)14-8-10-3-5-16-6-4-10/h9-11H,3-6,8H2,1-2H3,(H,14,15). The molecule has 1 aliphatic rings. The van der Waals surface area contributed by atoms with Gasteiger partial charge in [-0.1, -0.05) is 13.8 Å². The lowest BCUT2D eigenvalue weighted by Gasteiger charge is -2.23. The summed E-state index contributed by atoms with van der Waals surface area (Å²) in [6.45, 7) is 6.02. The van der Waals surface area contributed by atoms with E-state index in [0.717, 1.165) is 26.1 Å². The van der Waals surface area contributed by atoms with Gasteiger partial charge >= 0.3 is 0 Å². The largest absolute Gasteiger partial charge is 0.381 e. The maximum atomic E-state index is 11.7. The molecule has 1 N–H and O–H groups in total. The zero-order valence-electron chi connectivity index (χ0n) is 10.0. The van der Waals surface area contributed by atoms with Crippen LogP contribution in [0.2, 0.25) is 0 Å². The molecule has 0 radical (unpaired) electrons. The molecule has 16 heavy (non-hydrogen) atoms. The van der Waals surface area contributed by atoms with E-state index in [0.29, 0.717) is 12.5 Å². The minimum atomic E-state index is -0.528. The quantitative estimate of drug-likeness (QED) is 0.783. The van der Waals surface area contributed by atoms with Crippen molar-refractivity contribution in [2.24, 2.45) is 17.8 Å². The highest BCUT2D eigenvalue weighted by atomic mass is 16.5. The Morgan fingerprint density at radius 2 is 2.12 bits per heavy atom. The molecule has 0 bridgehead atoms. The van der Waals surface area contributed by atoms with E-state index in [1.165, 1.54) is 0 Å². The van der Waals surface area contributed by atoms with Gasteiger partial charge in [-0.25, -0.2) is 0 Å². The second-order valence-electron chi connectivity index (χ2n) is 4.65. The van der Waals surface area contributed by atoms with Crippen LogP contribution < -0.4 is 5.32 Å². The summed E-state index contributed by atoms with van der Waals surface area (Å²) < 4.78 is 5.25. The summed E-state index contributed by atoms with van der Waals surface area (Å²) >= 11 is 0. The van der Waals surface area contributed by atoms with Gasteiger partial charge in [0.05, 0.1) is 6.07 Å². The van der Waals surface area contributed by atoms with Gasteiger partial charge in [0.2, 0.25) is 5.91 Å². The van der Waals surface area contributed by atoms with Crippen LogP contribution in [0.3, 0.4) is 0 Å². The van der Waals surface area contributed by atoms with Crippen LogP contribution in [-0.4, -0.2) is 25.7 Å². The molecular formula is C12H20N2O2. The summed E-state index contributed by atoms with van der Waals surface area (Å²) in [7, 11) is 0. The molecule has 1 aliphatic heterocycles. The summed E-state index contributed by atoms with van der Waals surface area (Å²) in [5, 5.41) is 11.7. The van der Waals surface area contributed by atoms with Gasteiger partial charge in [-0.05, 0) is 24.7 Å². The minimum Gasteiger partial charge on any atom is -0.381 e. The fourth-order valence-electron chi connectivity index (χ4n) is 1.82. The molecule has 1 rings (SSSR count). The van der Waals surface area contributed by atoms with Crippen molar-refractivity contribution >= 4 is 5.91 Å². The zero-order chi connectivity index (χ0) is 12.0. The maximum absolute atomic E-state index is 11.7. The first-order chi connectivity index (χ1) is 7.65. The van der Waals surface area contributed by atoms with Crippen LogP contribution >= 0.6 is 0 Å². The van der Waals surface area contributed by atoms with Gasteiger partial charge in [-0.3, -0.25) is 4.79 Å². The van der Waals surface area contributed by atoms with Crippen LogP contribution in [0.4, 0.5) is 0 Å². The van der Waals surface area contributed by atoms with Gasteiger partial charge in [0.15, 0.2) is 0 Å². The lowest BCUT2D eigenvalue weighted by Crippen LogP contribution is -2.37. The van der Waals surface area contributed by atoms with Gasteiger partial charge in [0, 0.05) is 19.8 Å². The smallest absolute Gasteiger partial charge is 0.237 e. The molecule has 1 amide bonds. The molecule has 0 saturated carbocycles. The normalized spacial score (nSPS) is 19.1. The minimum absolute atomic E-state index is 0.0692. The molecule has 0 aromatic heterocycles. The first kappa shape index (κ1) is 13.0. The van der Waals surface area contributed by atoms with Crippen LogP contribution in [0, 0.1) is 29.1 Å². The second kappa shape index (κ2) is 6.49. The molecule has 1 fully saturated rings. The average Bonchev–Trinajstić information content (AvgIpc) is 2.28. The maximum Gasteiger partial charge on any atom is 0.237 e. The zero-order valence-corrected chi connectivity index (χ0v) is 10.0. The molecule has 0 aromatic rings. The Balaban J connectivity index is 2.31. The van der Waals surface area contributed by atoms with Crippen molar-refractivity contribution in [3.63, 3.8) is 0 Å². The number of nitrogens with one attached hydrogen (secondary N) is 1. The number of hydrogen-bond donors (Lipinski definition) is 1. The first-order valence-corrected chi connectivity index (χ1v) is 5.90. The van der Waals surface area contributed by atoms with Crippen LogP contribution in [0.5, 0.6) is 0 Å². The molecule has 0 spiro atoms. The van der Waals surface area contributed by atoms with E-state index in [9.17, 15) is 4.79 Å². The van der Waals surface area contributed by atoms with Crippen molar-refractivity contribution in [3.8, 4) is 6.07 Å². The third kappa shape index (κ3) is 3.82. The number of carbonyl (C=O) groups is 1. The molecule has 0 aromatic carbocycles. The van der Waals surface area contributed by atoms with E-state index in [-0.39, 0.29) is 11.8 Å². The summed E-state index contributed by atoms with van der Waals surface area (Å²) in [6.07, 6.45) is 2.00. The highest BCUT2D eigenvalue weighted by Crippen LogP contribution is 2.14. The lowest BCUT2D eigenvalue weighted by atomic mass is 9.95. The molecule has 90 valence electrons. The number of nitrogens with zero attached hydrogens (tertiary/aromatic N) is 1. The third-order valence-corrected chi connectivity index (χ3v) is 2.99. The van der Waals surface area contributed by atoms with Gasteiger partial charge in [0.1, 0.15) is 5.92 Å². The van der Waals surface area contributed by atoms with Crippen molar-refractivity contribution in [2.45, 2.75) is 26.7 Å². The summed E-state index contributed by atoms with van der Waals surface area (Å²) in [5.41, 5.74) is 0. The third-order valence-electron chi connectivity index (χ3n) is 2.99. The van der Waals surface area contributed by atoms with Gasteiger partial charge in [-0.2, -0.15) is 5.26 Å². The monoisotopic (exact) mass is 224 g/mol. The Morgan fingerprint density at radius 1 is 1.50 bits per heavy atom. The predicted octanol–water partition coefficient (Wildman–Crippen LogP) is 1.32. The van der Waals surface area contributed by atoms with Crippen LogP contribution in [0.25, 0.3) is 0 Å². The lowest BCUT2D eigenvalue weighted by molar-refractivity contribution is -0.124. The molecular weight excluding hydrogens is 204 g/mol. The highest BCUT2D eigenvalue weighted by molar-refractivity contribution is 5.81. The molecule has 4 heteroatoms. The molecule has 1 heterocycles. The van der Waals surface area contributed by atoms with E-state index in [2.05, 4.69) is 11.4 Å². The van der Waals surface area contributed by atoms with Crippen molar-refractivity contribution in [1.82, 2.24) is 5.32 Å². The number of hydrogen-bond acceptors (Lipinski definition) is 3. The second-order valence-corrected chi connectivity index (χ2v) is 4.65. The molecule has 1 saturated heterocycles. The molecule has 4 nitrogen and oxygen atoms in total.